The fourth-order valence-electron chi connectivity index (χ4n) is 1.79. The van der Waals surface area contributed by atoms with E-state index in [1.165, 1.54) is 0 Å². The molecule has 2 rings (SSSR count). The van der Waals surface area contributed by atoms with Crippen molar-refractivity contribution in [3.8, 4) is 0 Å². The molecule has 18 heavy (non-hydrogen) atoms. The van der Waals surface area contributed by atoms with Crippen molar-refractivity contribution < 1.29 is 0 Å². The third-order valence-electron chi connectivity index (χ3n) is 2.87. The fraction of sp³-hybridized carbons (Fsp3) is 0.750. The van der Waals surface area contributed by atoms with E-state index in [4.69, 9.17) is 0 Å². The zero-order valence-corrected chi connectivity index (χ0v) is 12.1. The zero-order valence-electron chi connectivity index (χ0n) is 11.3. The van der Waals surface area contributed by atoms with Crippen LogP contribution in [0.25, 0.3) is 0 Å². The molecule has 0 spiro atoms. The van der Waals surface area contributed by atoms with Crippen molar-refractivity contribution in [3.05, 3.63) is 10.0 Å². The summed E-state index contributed by atoms with van der Waals surface area (Å²) in [7, 11) is 2.08. The van der Waals surface area contributed by atoms with Gasteiger partial charge in [-0.1, -0.05) is 13.8 Å². The van der Waals surface area contributed by atoms with E-state index in [9.17, 15) is 0 Å². The minimum atomic E-state index is 0.470. The van der Waals surface area contributed by atoms with Crippen molar-refractivity contribution in [2.45, 2.75) is 32.6 Å². The normalized spacial score (nSPS) is 16.0. The molecule has 0 unspecified atom stereocenters. The molecule has 0 aliphatic carbocycles. The summed E-state index contributed by atoms with van der Waals surface area (Å²) >= 11 is 1.71. The topological polar surface area (TPSA) is 53.4 Å². The summed E-state index contributed by atoms with van der Waals surface area (Å²) < 4.78 is 0. The number of hydrogen-bond acceptors (Lipinski definition) is 6. The molecule has 0 bridgehead atoms. The summed E-state index contributed by atoms with van der Waals surface area (Å²) in [5, 5.41) is 14.0. The Bertz CT molecular complexity index is 412. The summed E-state index contributed by atoms with van der Waals surface area (Å²) in [5.41, 5.74) is 0. The lowest BCUT2D eigenvalue weighted by Gasteiger charge is -2.25. The molecule has 1 aliphatic rings. The van der Waals surface area contributed by atoms with Crippen LogP contribution in [0.3, 0.4) is 0 Å². The number of aliphatic imine (C=N–C) groups is 1. The Kier molecular flexibility index (Phi) is 4.52. The average molecular weight is 267 g/mol. The predicted octanol–water partition coefficient (Wildman–Crippen LogP) is 1.49. The summed E-state index contributed by atoms with van der Waals surface area (Å²) in [5.74, 6) is 1.48. The number of hydrogen-bond donors (Lipinski definition) is 1. The number of aromatic nitrogens is 2. The molecular weight excluding hydrogens is 246 g/mol. The number of nitrogens with one attached hydrogen (secondary N) is 1. The molecule has 0 atom stereocenters. The van der Waals surface area contributed by atoms with Crippen molar-refractivity contribution in [2.75, 3.05) is 26.7 Å². The van der Waals surface area contributed by atoms with Crippen LogP contribution in [-0.2, 0) is 6.42 Å². The molecule has 1 aromatic rings. The van der Waals surface area contributed by atoms with Gasteiger partial charge in [-0.15, -0.1) is 21.5 Å². The average Bonchev–Trinajstić information content (AvgIpc) is 2.80. The molecule has 0 fully saturated rings. The first-order valence-electron chi connectivity index (χ1n) is 6.48. The van der Waals surface area contributed by atoms with Crippen molar-refractivity contribution in [1.82, 2.24) is 20.4 Å². The van der Waals surface area contributed by atoms with Gasteiger partial charge in [0.2, 0.25) is 0 Å². The lowest BCUT2D eigenvalue weighted by molar-refractivity contribution is 0.447. The molecule has 6 heteroatoms. The molecule has 1 N–H and O–H groups in total. The van der Waals surface area contributed by atoms with Crippen LogP contribution in [0.2, 0.25) is 0 Å². The Morgan fingerprint density at radius 3 is 2.89 bits per heavy atom. The third kappa shape index (κ3) is 3.41. The largest absolute Gasteiger partial charge is 0.356 e. The van der Waals surface area contributed by atoms with Crippen LogP contribution in [0.4, 0.5) is 0 Å². The van der Waals surface area contributed by atoms with E-state index in [0.717, 1.165) is 48.5 Å². The first-order chi connectivity index (χ1) is 8.66. The quantitative estimate of drug-likeness (QED) is 0.898. The zero-order chi connectivity index (χ0) is 13.0. The molecule has 1 aliphatic heterocycles. The number of nitrogens with zero attached hydrogens (tertiary/aromatic N) is 4. The Balaban J connectivity index is 1.79. The molecule has 0 radical (unpaired) electrons. The number of rotatable bonds is 4. The van der Waals surface area contributed by atoms with Crippen molar-refractivity contribution in [1.29, 1.82) is 0 Å². The molecule has 1 aromatic heterocycles. The van der Waals surface area contributed by atoms with E-state index in [1.54, 1.807) is 11.3 Å². The van der Waals surface area contributed by atoms with Crippen LogP contribution in [0, 0.1) is 0 Å². The lowest BCUT2D eigenvalue weighted by Crippen LogP contribution is -2.42. The molecule has 100 valence electrons. The van der Waals surface area contributed by atoms with Gasteiger partial charge in [0, 0.05) is 39.0 Å². The summed E-state index contributed by atoms with van der Waals surface area (Å²) in [4.78, 5) is 6.64. The van der Waals surface area contributed by atoms with E-state index in [1.807, 2.05) is 0 Å². The number of guanidine groups is 1. The fourth-order valence-corrected chi connectivity index (χ4v) is 2.64. The first-order valence-corrected chi connectivity index (χ1v) is 7.30. The second kappa shape index (κ2) is 6.13. The highest BCUT2D eigenvalue weighted by Crippen LogP contribution is 2.18. The minimum Gasteiger partial charge on any atom is -0.356 e. The second-order valence-corrected chi connectivity index (χ2v) is 5.94. The van der Waals surface area contributed by atoms with E-state index in [2.05, 4.69) is 46.3 Å². The maximum atomic E-state index is 4.47. The van der Waals surface area contributed by atoms with Crippen LogP contribution in [-0.4, -0.2) is 47.7 Å². The Morgan fingerprint density at radius 2 is 2.22 bits per heavy atom. The monoisotopic (exact) mass is 267 g/mol. The lowest BCUT2D eigenvalue weighted by atomic mass is 10.2. The highest BCUT2D eigenvalue weighted by Gasteiger charge is 2.11. The standard InChI is InChI=1S/C12H21N5S/c1-9(2)11-16-15-10(18-11)5-7-14-12-13-6-4-8-17(12)3/h9H,4-8H2,1-3H3,(H,13,14). The molecule has 5 nitrogen and oxygen atoms in total. The molecular formula is C12H21N5S. The maximum absolute atomic E-state index is 4.47. The smallest absolute Gasteiger partial charge is 0.193 e. The van der Waals surface area contributed by atoms with E-state index >= 15 is 0 Å². The molecule has 0 amide bonds. The highest BCUT2D eigenvalue weighted by atomic mass is 32.1. The van der Waals surface area contributed by atoms with Crippen LogP contribution < -0.4 is 5.32 Å². The van der Waals surface area contributed by atoms with Gasteiger partial charge in [-0.05, 0) is 6.42 Å². The van der Waals surface area contributed by atoms with Gasteiger partial charge >= 0.3 is 0 Å². The van der Waals surface area contributed by atoms with Crippen LogP contribution in [0.5, 0.6) is 0 Å². The van der Waals surface area contributed by atoms with Gasteiger partial charge in [0.25, 0.3) is 0 Å². The van der Waals surface area contributed by atoms with Crippen LogP contribution >= 0.6 is 11.3 Å². The van der Waals surface area contributed by atoms with Crippen molar-refractivity contribution in [3.63, 3.8) is 0 Å². The van der Waals surface area contributed by atoms with Gasteiger partial charge in [0.15, 0.2) is 5.96 Å². The van der Waals surface area contributed by atoms with E-state index in [-0.39, 0.29) is 0 Å². The Labute approximate surface area is 112 Å². The van der Waals surface area contributed by atoms with Gasteiger partial charge in [-0.2, -0.15) is 0 Å². The van der Waals surface area contributed by atoms with E-state index in [0.29, 0.717) is 5.92 Å². The van der Waals surface area contributed by atoms with Crippen LogP contribution in [0.1, 0.15) is 36.2 Å². The third-order valence-corrected chi connectivity index (χ3v) is 4.16. The highest BCUT2D eigenvalue weighted by molar-refractivity contribution is 7.11. The van der Waals surface area contributed by atoms with Gasteiger partial charge in [-0.25, -0.2) is 0 Å². The Morgan fingerprint density at radius 1 is 1.39 bits per heavy atom. The summed E-state index contributed by atoms with van der Waals surface area (Å²) in [6, 6.07) is 0. The van der Waals surface area contributed by atoms with Gasteiger partial charge in [0.1, 0.15) is 10.0 Å². The van der Waals surface area contributed by atoms with Crippen molar-refractivity contribution in [2.24, 2.45) is 4.99 Å². The molecule has 0 saturated heterocycles. The van der Waals surface area contributed by atoms with E-state index < -0.39 is 0 Å². The van der Waals surface area contributed by atoms with Gasteiger partial charge < -0.3 is 10.2 Å². The van der Waals surface area contributed by atoms with Crippen LogP contribution in [0.15, 0.2) is 4.99 Å². The summed E-state index contributed by atoms with van der Waals surface area (Å²) in [6.07, 6.45) is 2.06. The van der Waals surface area contributed by atoms with Crippen molar-refractivity contribution >= 4 is 17.3 Å². The summed E-state index contributed by atoms with van der Waals surface area (Å²) in [6.45, 7) is 7.18. The Hall–Kier alpha value is -1.17. The van der Waals surface area contributed by atoms with Gasteiger partial charge in [0.05, 0.1) is 0 Å². The molecule has 0 aromatic carbocycles. The maximum Gasteiger partial charge on any atom is 0.193 e. The predicted molar refractivity (Wildman–Crippen MR) is 75.3 cm³/mol. The minimum absolute atomic E-state index is 0.470. The molecule has 2 heterocycles. The SMILES string of the molecule is CC(C)c1nnc(CCNC2=NCCCN2C)s1. The first kappa shape index (κ1) is 13.3. The molecule has 0 saturated carbocycles. The van der Waals surface area contributed by atoms with Gasteiger partial charge in [-0.3, -0.25) is 4.99 Å². The second-order valence-electron chi connectivity index (χ2n) is 4.85.